The first-order chi connectivity index (χ1) is 8.60. The molecule has 0 atom stereocenters. The third-order valence-corrected chi connectivity index (χ3v) is 3.25. The van der Waals surface area contributed by atoms with Crippen LogP contribution in [-0.2, 0) is 4.74 Å². The van der Waals surface area contributed by atoms with E-state index in [2.05, 4.69) is 5.32 Å². The molecule has 2 rings (SSSR count). The van der Waals surface area contributed by atoms with Crippen molar-refractivity contribution in [3.8, 4) is 0 Å². The Labute approximate surface area is 110 Å². The first-order valence-electron chi connectivity index (χ1n) is 5.92. The average molecular weight is 271 g/mol. The Hall–Kier alpha value is -1.33. The number of ether oxygens (including phenoxy) is 1. The first-order valence-corrected chi connectivity index (χ1v) is 6.30. The highest BCUT2D eigenvalue weighted by Gasteiger charge is 2.30. The zero-order chi connectivity index (χ0) is 13.1. The number of hydrogen-bond acceptors (Lipinski definition) is 4. The van der Waals surface area contributed by atoms with Crippen LogP contribution in [0.5, 0.6) is 0 Å². The Morgan fingerprint density at radius 2 is 2.28 bits per heavy atom. The third kappa shape index (κ3) is 2.91. The summed E-state index contributed by atoms with van der Waals surface area (Å²) < 4.78 is 5.45. The van der Waals surface area contributed by atoms with E-state index in [0.29, 0.717) is 17.3 Å². The second-order valence-electron chi connectivity index (χ2n) is 4.31. The molecule has 0 bridgehead atoms. The summed E-state index contributed by atoms with van der Waals surface area (Å²) in [6.45, 7) is 2.66. The first kappa shape index (κ1) is 13.1. The molecule has 1 fully saturated rings. The smallest absolute Gasteiger partial charge is 0.292 e. The third-order valence-electron chi connectivity index (χ3n) is 3.01. The number of rotatable bonds is 5. The Morgan fingerprint density at radius 1 is 1.56 bits per heavy atom. The van der Waals surface area contributed by atoms with E-state index in [1.807, 2.05) is 6.92 Å². The lowest BCUT2D eigenvalue weighted by Gasteiger charge is -2.35. The predicted octanol–water partition coefficient (Wildman–Crippen LogP) is 3.23. The monoisotopic (exact) mass is 270 g/mol. The average Bonchev–Trinajstić information content (AvgIpc) is 2.26. The summed E-state index contributed by atoms with van der Waals surface area (Å²) in [4.78, 5) is 10.5. The number of halogens is 1. The molecule has 18 heavy (non-hydrogen) atoms. The number of benzene rings is 1. The maximum Gasteiger partial charge on any atom is 0.292 e. The van der Waals surface area contributed by atoms with Crippen LogP contribution >= 0.6 is 11.6 Å². The van der Waals surface area contributed by atoms with Crippen molar-refractivity contribution in [2.24, 2.45) is 0 Å². The highest BCUT2D eigenvalue weighted by atomic mass is 35.5. The Bertz CT molecular complexity index is 447. The number of nitrogens with one attached hydrogen (secondary N) is 1. The van der Waals surface area contributed by atoms with E-state index < -0.39 is 4.92 Å². The van der Waals surface area contributed by atoms with Crippen LogP contribution in [0, 0.1) is 10.1 Å². The van der Waals surface area contributed by atoms with E-state index in [1.54, 1.807) is 6.07 Å². The van der Waals surface area contributed by atoms with Gasteiger partial charge in [-0.1, -0.05) is 11.6 Å². The summed E-state index contributed by atoms with van der Waals surface area (Å²) in [7, 11) is 0. The fraction of sp³-hybridized carbons (Fsp3) is 0.500. The van der Waals surface area contributed by atoms with E-state index in [4.69, 9.17) is 16.3 Å². The van der Waals surface area contributed by atoms with E-state index in [0.717, 1.165) is 12.8 Å². The van der Waals surface area contributed by atoms with Gasteiger partial charge in [-0.2, -0.15) is 0 Å². The van der Waals surface area contributed by atoms with Gasteiger partial charge in [0.15, 0.2) is 0 Å². The molecular formula is C12H15ClN2O3. The van der Waals surface area contributed by atoms with Crippen LogP contribution in [-0.4, -0.2) is 23.7 Å². The lowest BCUT2D eigenvalue weighted by Crippen LogP contribution is -2.40. The summed E-state index contributed by atoms with van der Waals surface area (Å²) in [5.74, 6) is 0. The highest BCUT2D eigenvalue weighted by molar-refractivity contribution is 6.31. The van der Waals surface area contributed by atoms with E-state index in [-0.39, 0.29) is 17.8 Å². The molecule has 6 heteroatoms. The van der Waals surface area contributed by atoms with Crippen LogP contribution in [0.25, 0.3) is 0 Å². The fourth-order valence-corrected chi connectivity index (χ4v) is 2.23. The number of anilines is 1. The SMILES string of the molecule is CCOC1CC(Nc2cc(Cl)ccc2[N+](=O)[O-])C1. The van der Waals surface area contributed by atoms with Crippen LogP contribution in [0.3, 0.4) is 0 Å². The minimum Gasteiger partial charge on any atom is -0.378 e. The van der Waals surface area contributed by atoms with Gasteiger partial charge in [-0.3, -0.25) is 10.1 Å². The van der Waals surface area contributed by atoms with Gasteiger partial charge in [-0.15, -0.1) is 0 Å². The number of hydrogen-bond donors (Lipinski definition) is 1. The lowest BCUT2D eigenvalue weighted by molar-refractivity contribution is -0.384. The molecule has 0 saturated heterocycles. The topological polar surface area (TPSA) is 64.4 Å². The van der Waals surface area contributed by atoms with Crippen molar-refractivity contribution in [3.05, 3.63) is 33.3 Å². The van der Waals surface area contributed by atoms with Crippen molar-refractivity contribution in [2.75, 3.05) is 11.9 Å². The minimum atomic E-state index is -0.405. The van der Waals surface area contributed by atoms with Crippen LogP contribution in [0.1, 0.15) is 19.8 Å². The van der Waals surface area contributed by atoms with Crippen LogP contribution in [0.4, 0.5) is 11.4 Å². The summed E-state index contributed by atoms with van der Waals surface area (Å²) in [5, 5.41) is 14.5. The summed E-state index contributed by atoms with van der Waals surface area (Å²) in [6, 6.07) is 4.75. The Kier molecular flexibility index (Phi) is 4.04. The zero-order valence-corrected chi connectivity index (χ0v) is 10.8. The van der Waals surface area contributed by atoms with Gasteiger partial charge in [0.25, 0.3) is 5.69 Å². The zero-order valence-electron chi connectivity index (χ0n) is 10.1. The molecule has 0 radical (unpaired) electrons. The largest absolute Gasteiger partial charge is 0.378 e. The predicted molar refractivity (Wildman–Crippen MR) is 70.2 cm³/mol. The van der Waals surface area contributed by atoms with Crippen LogP contribution in [0.15, 0.2) is 18.2 Å². The molecule has 1 aromatic carbocycles. The van der Waals surface area contributed by atoms with Crippen molar-refractivity contribution in [3.63, 3.8) is 0 Å². The van der Waals surface area contributed by atoms with Crippen molar-refractivity contribution in [1.82, 2.24) is 0 Å². The summed E-state index contributed by atoms with van der Waals surface area (Å²) in [5.41, 5.74) is 0.534. The molecule has 0 spiro atoms. The molecule has 0 aliphatic heterocycles. The van der Waals surface area contributed by atoms with E-state index in [1.165, 1.54) is 12.1 Å². The molecule has 0 amide bonds. The van der Waals surface area contributed by atoms with E-state index >= 15 is 0 Å². The fourth-order valence-electron chi connectivity index (χ4n) is 2.06. The number of nitro benzene ring substituents is 1. The van der Waals surface area contributed by atoms with Crippen LogP contribution < -0.4 is 5.32 Å². The molecule has 0 unspecified atom stereocenters. The quantitative estimate of drug-likeness (QED) is 0.659. The molecule has 98 valence electrons. The highest BCUT2D eigenvalue weighted by Crippen LogP contribution is 2.32. The Balaban J connectivity index is 2.01. The van der Waals surface area contributed by atoms with Crippen LogP contribution in [0.2, 0.25) is 5.02 Å². The van der Waals surface area contributed by atoms with Gasteiger partial charge >= 0.3 is 0 Å². The minimum absolute atomic E-state index is 0.0549. The second kappa shape index (κ2) is 5.54. The van der Waals surface area contributed by atoms with E-state index in [9.17, 15) is 10.1 Å². The molecule has 0 heterocycles. The summed E-state index contributed by atoms with van der Waals surface area (Å²) >= 11 is 5.86. The number of nitrogens with zero attached hydrogens (tertiary/aromatic N) is 1. The van der Waals surface area contributed by atoms with Gasteiger partial charge in [-0.25, -0.2) is 0 Å². The number of nitro groups is 1. The van der Waals surface area contributed by atoms with Crippen molar-refractivity contribution < 1.29 is 9.66 Å². The van der Waals surface area contributed by atoms with Gasteiger partial charge in [0.05, 0.1) is 11.0 Å². The standard InChI is InChI=1S/C12H15ClN2O3/c1-2-18-10-6-9(7-10)14-11-5-8(13)3-4-12(11)15(16)17/h3-5,9-10,14H,2,6-7H2,1H3. The molecule has 5 nitrogen and oxygen atoms in total. The van der Waals surface area contributed by atoms with Crippen molar-refractivity contribution in [1.29, 1.82) is 0 Å². The van der Waals surface area contributed by atoms with Crippen molar-refractivity contribution in [2.45, 2.75) is 31.9 Å². The molecule has 0 aromatic heterocycles. The maximum atomic E-state index is 10.9. The molecule has 1 saturated carbocycles. The second-order valence-corrected chi connectivity index (χ2v) is 4.75. The van der Waals surface area contributed by atoms with Gasteiger partial charge < -0.3 is 10.1 Å². The molecule has 1 aromatic rings. The van der Waals surface area contributed by atoms with Gasteiger partial charge in [0.2, 0.25) is 0 Å². The molecule has 1 aliphatic rings. The van der Waals surface area contributed by atoms with Gasteiger partial charge in [-0.05, 0) is 31.9 Å². The maximum absolute atomic E-state index is 10.9. The molecular weight excluding hydrogens is 256 g/mol. The molecule has 1 aliphatic carbocycles. The molecule has 1 N–H and O–H groups in total. The van der Waals surface area contributed by atoms with Gasteiger partial charge in [0.1, 0.15) is 5.69 Å². The lowest BCUT2D eigenvalue weighted by atomic mass is 9.89. The normalized spacial score (nSPS) is 22.3. The van der Waals surface area contributed by atoms with Crippen molar-refractivity contribution >= 4 is 23.0 Å². The summed E-state index contributed by atoms with van der Waals surface area (Å²) in [6.07, 6.45) is 2.01. The Morgan fingerprint density at radius 3 is 2.89 bits per heavy atom. The van der Waals surface area contributed by atoms with Gasteiger partial charge in [0, 0.05) is 23.7 Å².